The number of terminal acetylenes is 1. The van der Waals surface area contributed by atoms with Crippen LogP contribution in [-0.2, 0) is 5.41 Å². The fourth-order valence-corrected chi connectivity index (χ4v) is 2.15. The summed E-state index contributed by atoms with van der Waals surface area (Å²) in [6, 6.07) is 10.6. The molecule has 0 atom stereocenters. The van der Waals surface area contributed by atoms with Crippen LogP contribution in [0.4, 0.5) is 0 Å². The Labute approximate surface area is 122 Å². The van der Waals surface area contributed by atoms with Gasteiger partial charge in [-0.1, -0.05) is 24.1 Å². The van der Waals surface area contributed by atoms with Gasteiger partial charge in [-0.05, 0) is 63.4 Å². The lowest BCUT2D eigenvalue weighted by atomic mass is 9.83. The first kappa shape index (κ1) is 14.3. The number of hydrogen-bond donors (Lipinski definition) is 0. The topological polar surface area (TPSA) is 12.9 Å². The van der Waals surface area contributed by atoms with E-state index in [1.165, 1.54) is 11.1 Å². The molecule has 0 bridgehead atoms. The van der Waals surface area contributed by atoms with Crippen LogP contribution >= 0.6 is 0 Å². The fraction of sp³-hybridized carbons (Fsp3) is 0.316. The summed E-state index contributed by atoms with van der Waals surface area (Å²) in [6.07, 6.45) is 5.64. The number of aryl methyl sites for hydroxylation is 3. The third-order valence-corrected chi connectivity index (χ3v) is 3.95. The molecule has 1 aromatic carbocycles. The van der Waals surface area contributed by atoms with E-state index in [2.05, 4.69) is 63.9 Å². The number of benzene rings is 1. The average Bonchev–Trinajstić information content (AvgIpc) is 2.42. The van der Waals surface area contributed by atoms with Gasteiger partial charge in [0.1, 0.15) is 0 Å². The van der Waals surface area contributed by atoms with Gasteiger partial charge in [0.25, 0.3) is 0 Å². The van der Waals surface area contributed by atoms with E-state index in [0.717, 1.165) is 22.5 Å². The van der Waals surface area contributed by atoms with Crippen LogP contribution in [-0.4, -0.2) is 4.98 Å². The number of aromatic nitrogens is 1. The maximum absolute atomic E-state index is 5.64. The zero-order valence-corrected chi connectivity index (χ0v) is 12.9. The van der Waals surface area contributed by atoms with Gasteiger partial charge < -0.3 is 0 Å². The first-order chi connectivity index (χ1) is 9.35. The highest BCUT2D eigenvalue weighted by Gasteiger charge is 2.18. The van der Waals surface area contributed by atoms with Gasteiger partial charge in [0.15, 0.2) is 0 Å². The molecule has 0 aliphatic carbocycles. The van der Waals surface area contributed by atoms with Crippen molar-refractivity contribution in [3.05, 3.63) is 52.7 Å². The van der Waals surface area contributed by atoms with Crippen molar-refractivity contribution >= 4 is 0 Å². The monoisotopic (exact) mass is 263 g/mol. The van der Waals surface area contributed by atoms with Crippen LogP contribution in [0, 0.1) is 33.1 Å². The molecule has 0 spiro atoms. The Balaban J connectivity index is 2.59. The molecule has 2 aromatic rings. The number of pyridine rings is 1. The third kappa shape index (κ3) is 2.60. The summed E-state index contributed by atoms with van der Waals surface area (Å²) in [4.78, 5) is 4.70. The Morgan fingerprint density at radius 3 is 2.25 bits per heavy atom. The summed E-state index contributed by atoms with van der Waals surface area (Å²) >= 11 is 0. The number of hydrogen-bond acceptors (Lipinski definition) is 1. The van der Waals surface area contributed by atoms with Crippen molar-refractivity contribution in [2.75, 3.05) is 0 Å². The molecule has 102 valence electrons. The van der Waals surface area contributed by atoms with Crippen LogP contribution in [0.25, 0.3) is 11.3 Å². The summed E-state index contributed by atoms with van der Waals surface area (Å²) in [6.45, 7) is 10.4. The van der Waals surface area contributed by atoms with Crippen molar-refractivity contribution in [1.29, 1.82) is 0 Å². The minimum absolute atomic E-state index is 0.262. The average molecular weight is 263 g/mol. The lowest BCUT2D eigenvalue weighted by Crippen LogP contribution is -2.14. The minimum atomic E-state index is -0.262. The summed E-state index contributed by atoms with van der Waals surface area (Å²) < 4.78 is 0. The highest BCUT2D eigenvalue weighted by atomic mass is 14.7. The van der Waals surface area contributed by atoms with E-state index in [-0.39, 0.29) is 5.41 Å². The highest BCUT2D eigenvalue weighted by Crippen LogP contribution is 2.29. The van der Waals surface area contributed by atoms with E-state index in [1.54, 1.807) is 0 Å². The summed E-state index contributed by atoms with van der Waals surface area (Å²) in [5.74, 6) is 2.86. The van der Waals surface area contributed by atoms with E-state index in [1.807, 2.05) is 6.92 Å². The summed E-state index contributed by atoms with van der Waals surface area (Å²) in [5, 5.41) is 0. The molecule has 0 N–H and O–H groups in total. The SMILES string of the molecule is C#CC(C)(C)c1ccc(C)c(-c2ccc(C)c(C)n2)c1. The molecule has 0 saturated carbocycles. The molecule has 1 heteroatoms. The van der Waals surface area contributed by atoms with Crippen LogP contribution in [0.1, 0.15) is 36.2 Å². The molecule has 0 amide bonds. The maximum Gasteiger partial charge on any atom is 0.0708 e. The van der Waals surface area contributed by atoms with Crippen LogP contribution in [0.2, 0.25) is 0 Å². The molecule has 2 rings (SSSR count). The van der Waals surface area contributed by atoms with Gasteiger partial charge in [-0.2, -0.15) is 0 Å². The van der Waals surface area contributed by atoms with Crippen LogP contribution in [0.3, 0.4) is 0 Å². The largest absolute Gasteiger partial charge is 0.253 e. The van der Waals surface area contributed by atoms with E-state index in [9.17, 15) is 0 Å². The van der Waals surface area contributed by atoms with E-state index in [0.29, 0.717) is 0 Å². The molecule has 0 aliphatic heterocycles. The molecule has 0 radical (unpaired) electrons. The zero-order chi connectivity index (χ0) is 14.9. The van der Waals surface area contributed by atoms with Crippen LogP contribution in [0.5, 0.6) is 0 Å². The van der Waals surface area contributed by atoms with Crippen LogP contribution < -0.4 is 0 Å². The van der Waals surface area contributed by atoms with Gasteiger partial charge in [-0.3, -0.25) is 4.98 Å². The summed E-state index contributed by atoms with van der Waals surface area (Å²) in [5.41, 5.74) is 6.57. The second kappa shape index (κ2) is 5.13. The Hall–Kier alpha value is -2.07. The van der Waals surface area contributed by atoms with Crippen molar-refractivity contribution in [3.63, 3.8) is 0 Å². The lowest BCUT2D eigenvalue weighted by Gasteiger charge is -2.20. The first-order valence-electron chi connectivity index (χ1n) is 6.88. The Morgan fingerprint density at radius 1 is 1.00 bits per heavy atom. The Kier molecular flexibility index (Phi) is 3.68. The van der Waals surface area contributed by atoms with Crippen molar-refractivity contribution in [2.24, 2.45) is 0 Å². The highest BCUT2D eigenvalue weighted by molar-refractivity contribution is 5.65. The predicted molar refractivity (Wildman–Crippen MR) is 85.7 cm³/mol. The molecular weight excluding hydrogens is 242 g/mol. The zero-order valence-electron chi connectivity index (χ0n) is 12.9. The normalized spacial score (nSPS) is 11.2. The smallest absolute Gasteiger partial charge is 0.0708 e. The molecular formula is C19H21N. The Morgan fingerprint density at radius 2 is 1.65 bits per heavy atom. The molecule has 1 aromatic heterocycles. The molecule has 1 heterocycles. The van der Waals surface area contributed by atoms with Crippen molar-refractivity contribution in [1.82, 2.24) is 4.98 Å². The van der Waals surface area contributed by atoms with Gasteiger partial charge in [0, 0.05) is 11.3 Å². The van der Waals surface area contributed by atoms with Crippen LogP contribution in [0.15, 0.2) is 30.3 Å². The first-order valence-corrected chi connectivity index (χ1v) is 6.88. The molecule has 0 fully saturated rings. The molecule has 0 saturated heterocycles. The second-order valence-corrected chi connectivity index (χ2v) is 5.90. The van der Waals surface area contributed by atoms with E-state index in [4.69, 9.17) is 11.4 Å². The molecule has 20 heavy (non-hydrogen) atoms. The van der Waals surface area contributed by atoms with Gasteiger partial charge in [-0.25, -0.2) is 0 Å². The molecule has 0 aliphatic rings. The van der Waals surface area contributed by atoms with Crippen molar-refractivity contribution in [3.8, 4) is 23.6 Å². The maximum atomic E-state index is 5.64. The molecule has 0 unspecified atom stereocenters. The fourth-order valence-electron chi connectivity index (χ4n) is 2.15. The minimum Gasteiger partial charge on any atom is -0.253 e. The van der Waals surface area contributed by atoms with E-state index >= 15 is 0 Å². The van der Waals surface area contributed by atoms with Gasteiger partial charge in [-0.15, -0.1) is 6.42 Å². The predicted octanol–water partition coefficient (Wildman–Crippen LogP) is 4.58. The standard InChI is InChI=1S/C19H21N/c1-7-19(5,6)16-10-8-14(3)17(12-16)18-11-9-13(2)15(4)20-18/h1,8-12H,2-6H3. The Bertz CT molecular complexity index is 687. The number of nitrogens with zero attached hydrogens (tertiary/aromatic N) is 1. The molecule has 1 nitrogen and oxygen atoms in total. The third-order valence-electron chi connectivity index (χ3n) is 3.95. The summed E-state index contributed by atoms with van der Waals surface area (Å²) in [7, 11) is 0. The van der Waals surface area contributed by atoms with Crippen molar-refractivity contribution in [2.45, 2.75) is 40.0 Å². The second-order valence-electron chi connectivity index (χ2n) is 5.90. The van der Waals surface area contributed by atoms with Gasteiger partial charge in [0.05, 0.1) is 11.1 Å². The van der Waals surface area contributed by atoms with Gasteiger partial charge >= 0.3 is 0 Å². The van der Waals surface area contributed by atoms with E-state index < -0.39 is 0 Å². The number of rotatable bonds is 2. The quantitative estimate of drug-likeness (QED) is 0.722. The van der Waals surface area contributed by atoms with Gasteiger partial charge in [0.2, 0.25) is 0 Å². The lowest BCUT2D eigenvalue weighted by molar-refractivity contribution is 0.699. The van der Waals surface area contributed by atoms with Crippen molar-refractivity contribution < 1.29 is 0 Å².